The number of H-pyrrole nitrogens is 1. The van der Waals surface area contributed by atoms with Crippen LogP contribution in [0.25, 0.3) is 16.7 Å². The van der Waals surface area contributed by atoms with Gasteiger partial charge in [-0.3, -0.25) is 4.57 Å². The van der Waals surface area contributed by atoms with Gasteiger partial charge in [0.05, 0.1) is 22.8 Å². The molecule has 108 valence electrons. The standard InChI is InChI=1S/C15H12Cl2N2OS/c1-2-20-13-5-3-4-12-14(13)18-15(21)19(12)11-7-6-9(16)8-10(11)17/h3-8H,2H2,1H3,(H,18,21). The van der Waals surface area contributed by atoms with Gasteiger partial charge in [0.15, 0.2) is 4.77 Å². The van der Waals surface area contributed by atoms with Crippen molar-refractivity contribution >= 4 is 46.5 Å². The fourth-order valence-corrected chi connectivity index (χ4v) is 3.07. The number of hydrogen-bond acceptors (Lipinski definition) is 2. The Bertz CT molecular complexity index is 870. The molecule has 0 unspecified atom stereocenters. The zero-order chi connectivity index (χ0) is 15.0. The van der Waals surface area contributed by atoms with Gasteiger partial charge in [0, 0.05) is 5.02 Å². The van der Waals surface area contributed by atoms with Gasteiger partial charge in [-0.25, -0.2) is 0 Å². The summed E-state index contributed by atoms with van der Waals surface area (Å²) in [6.45, 7) is 2.53. The van der Waals surface area contributed by atoms with Crippen LogP contribution in [0, 0.1) is 4.77 Å². The van der Waals surface area contributed by atoms with Gasteiger partial charge >= 0.3 is 0 Å². The van der Waals surface area contributed by atoms with Crippen molar-refractivity contribution in [2.24, 2.45) is 0 Å². The Morgan fingerprint density at radius 3 is 2.76 bits per heavy atom. The molecule has 0 aliphatic rings. The molecule has 1 aromatic heterocycles. The Hall–Kier alpha value is -1.49. The third-order valence-electron chi connectivity index (χ3n) is 3.13. The SMILES string of the molecule is CCOc1cccc2c1[nH]c(=S)n2-c1ccc(Cl)cc1Cl. The van der Waals surface area contributed by atoms with Crippen molar-refractivity contribution in [3.63, 3.8) is 0 Å². The van der Waals surface area contributed by atoms with Gasteiger partial charge in [0.25, 0.3) is 0 Å². The second-order valence-corrected chi connectivity index (χ2v) is 5.67. The molecule has 3 nitrogen and oxygen atoms in total. The highest BCUT2D eigenvalue weighted by atomic mass is 35.5. The molecule has 21 heavy (non-hydrogen) atoms. The number of nitrogens with one attached hydrogen (secondary N) is 1. The number of benzene rings is 2. The van der Waals surface area contributed by atoms with Gasteiger partial charge in [0.2, 0.25) is 0 Å². The number of aromatic amines is 1. The predicted molar refractivity (Wildman–Crippen MR) is 89.6 cm³/mol. The first-order valence-corrected chi connectivity index (χ1v) is 7.60. The Morgan fingerprint density at radius 2 is 2.05 bits per heavy atom. The fourth-order valence-electron chi connectivity index (χ4n) is 2.28. The van der Waals surface area contributed by atoms with E-state index in [-0.39, 0.29) is 0 Å². The van der Waals surface area contributed by atoms with Crippen molar-refractivity contribution in [3.05, 3.63) is 51.2 Å². The van der Waals surface area contributed by atoms with Gasteiger partial charge in [-0.15, -0.1) is 0 Å². The maximum atomic E-state index is 6.30. The van der Waals surface area contributed by atoms with Gasteiger partial charge in [0.1, 0.15) is 11.3 Å². The highest BCUT2D eigenvalue weighted by Crippen LogP contribution is 2.31. The number of halogens is 2. The molecule has 0 radical (unpaired) electrons. The van der Waals surface area contributed by atoms with E-state index in [1.165, 1.54) is 0 Å². The Morgan fingerprint density at radius 1 is 1.24 bits per heavy atom. The molecule has 3 rings (SSSR count). The molecule has 3 aromatic rings. The number of hydrogen-bond donors (Lipinski definition) is 1. The summed E-state index contributed by atoms with van der Waals surface area (Å²) in [6.07, 6.45) is 0. The number of nitrogens with zero attached hydrogens (tertiary/aromatic N) is 1. The third-order valence-corrected chi connectivity index (χ3v) is 3.95. The number of para-hydroxylation sites is 1. The molecule has 0 saturated carbocycles. The van der Waals surface area contributed by atoms with Crippen molar-refractivity contribution in [2.45, 2.75) is 6.92 Å². The predicted octanol–water partition coefficient (Wildman–Crippen LogP) is 5.39. The highest BCUT2D eigenvalue weighted by Gasteiger charge is 2.13. The third kappa shape index (κ3) is 2.55. The number of fused-ring (bicyclic) bond motifs is 1. The van der Waals surface area contributed by atoms with Crippen LogP contribution in [-0.2, 0) is 0 Å². The summed E-state index contributed by atoms with van der Waals surface area (Å²) in [4.78, 5) is 3.18. The molecule has 6 heteroatoms. The number of imidazole rings is 1. The maximum absolute atomic E-state index is 6.30. The van der Waals surface area contributed by atoms with Crippen molar-refractivity contribution in [1.82, 2.24) is 9.55 Å². The molecule has 0 bridgehead atoms. The second-order valence-electron chi connectivity index (χ2n) is 4.44. The normalized spacial score (nSPS) is 11.0. The smallest absolute Gasteiger partial charge is 0.182 e. The zero-order valence-electron chi connectivity index (χ0n) is 11.2. The van der Waals surface area contributed by atoms with Crippen molar-refractivity contribution in [2.75, 3.05) is 6.61 Å². The second kappa shape index (κ2) is 5.72. The lowest BCUT2D eigenvalue weighted by atomic mass is 10.2. The van der Waals surface area contributed by atoms with E-state index in [9.17, 15) is 0 Å². The van der Waals surface area contributed by atoms with Crippen LogP contribution in [0.3, 0.4) is 0 Å². The number of ether oxygens (including phenoxy) is 1. The zero-order valence-corrected chi connectivity index (χ0v) is 13.5. The number of rotatable bonds is 3. The van der Waals surface area contributed by atoms with Crippen LogP contribution in [-0.4, -0.2) is 16.2 Å². The minimum Gasteiger partial charge on any atom is -0.492 e. The Labute approximate surface area is 137 Å². The molecular formula is C15H12Cl2N2OS. The van der Waals surface area contributed by atoms with E-state index in [0.29, 0.717) is 21.4 Å². The molecule has 0 spiro atoms. The summed E-state index contributed by atoms with van der Waals surface area (Å²) in [7, 11) is 0. The van der Waals surface area contributed by atoms with Crippen molar-refractivity contribution < 1.29 is 4.74 Å². The molecule has 1 heterocycles. The maximum Gasteiger partial charge on any atom is 0.182 e. The van der Waals surface area contributed by atoms with Crippen LogP contribution in [0.5, 0.6) is 5.75 Å². The molecule has 0 saturated heterocycles. The van der Waals surface area contributed by atoms with Crippen LogP contribution in [0.15, 0.2) is 36.4 Å². The molecule has 0 aliphatic heterocycles. The average Bonchev–Trinajstić information content (AvgIpc) is 2.77. The minimum atomic E-state index is 0.543. The molecule has 0 amide bonds. The van der Waals surface area contributed by atoms with Gasteiger partial charge < -0.3 is 9.72 Å². The van der Waals surface area contributed by atoms with Gasteiger partial charge in [-0.1, -0.05) is 29.3 Å². The molecule has 0 atom stereocenters. The summed E-state index contributed by atoms with van der Waals surface area (Å²) >= 11 is 17.7. The van der Waals surface area contributed by atoms with Crippen molar-refractivity contribution in [1.29, 1.82) is 0 Å². The van der Waals surface area contributed by atoms with Crippen LogP contribution in [0.4, 0.5) is 0 Å². The van der Waals surface area contributed by atoms with E-state index in [4.69, 9.17) is 40.2 Å². The van der Waals surface area contributed by atoms with Gasteiger partial charge in [-0.2, -0.15) is 0 Å². The summed E-state index contributed by atoms with van der Waals surface area (Å²) in [6, 6.07) is 11.1. The molecule has 0 fully saturated rings. The topological polar surface area (TPSA) is 29.9 Å². The Balaban J connectivity index is 2.30. The lowest BCUT2D eigenvalue weighted by Crippen LogP contribution is -1.95. The van der Waals surface area contributed by atoms with E-state index in [2.05, 4.69) is 4.98 Å². The van der Waals surface area contributed by atoms with Gasteiger partial charge in [-0.05, 0) is 49.5 Å². The summed E-state index contributed by atoms with van der Waals surface area (Å²) < 4.78 is 8.07. The van der Waals surface area contributed by atoms with Crippen LogP contribution in [0.1, 0.15) is 6.92 Å². The first-order valence-electron chi connectivity index (χ1n) is 6.43. The molecule has 0 aliphatic carbocycles. The fraction of sp³-hybridized carbons (Fsp3) is 0.133. The largest absolute Gasteiger partial charge is 0.492 e. The summed E-state index contributed by atoms with van der Waals surface area (Å²) in [5.41, 5.74) is 2.55. The summed E-state index contributed by atoms with van der Waals surface area (Å²) in [5.74, 6) is 0.768. The van der Waals surface area contributed by atoms with Crippen LogP contribution in [0.2, 0.25) is 10.0 Å². The minimum absolute atomic E-state index is 0.543. The monoisotopic (exact) mass is 338 g/mol. The molecule has 1 N–H and O–H groups in total. The lowest BCUT2D eigenvalue weighted by Gasteiger charge is -2.08. The van der Waals surface area contributed by atoms with Crippen LogP contribution < -0.4 is 4.74 Å². The van der Waals surface area contributed by atoms with Crippen LogP contribution >= 0.6 is 35.4 Å². The van der Waals surface area contributed by atoms with E-state index in [1.807, 2.05) is 35.8 Å². The Kier molecular flexibility index (Phi) is 3.93. The average molecular weight is 339 g/mol. The molecule has 2 aromatic carbocycles. The summed E-state index contributed by atoms with van der Waals surface area (Å²) in [5, 5.41) is 1.13. The highest BCUT2D eigenvalue weighted by molar-refractivity contribution is 7.71. The van der Waals surface area contributed by atoms with E-state index in [1.54, 1.807) is 12.1 Å². The van der Waals surface area contributed by atoms with Crippen molar-refractivity contribution in [3.8, 4) is 11.4 Å². The molecular weight excluding hydrogens is 327 g/mol. The van der Waals surface area contributed by atoms with E-state index >= 15 is 0 Å². The van der Waals surface area contributed by atoms with E-state index in [0.717, 1.165) is 22.5 Å². The van der Waals surface area contributed by atoms with E-state index < -0.39 is 0 Å². The lowest BCUT2D eigenvalue weighted by molar-refractivity contribution is 0.343. The number of aromatic nitrogens is 2. The first kappa shape index (κ1) is 14.4. The quantitative estimate of drug-likeness (QED) is 0.648. The first-order chi connectivity index (χ1) is 10.1.